The molecule has 2 heterocycles. The molecule has 18 heavy (non-hydrogen) atoms. The van der Waals surface area contributed by atoms with Crippen LogP contribution < -0.4 is 5.32 Å². The predicted molar refractivity (Wildman–Crippen MR) is 71.1 cm³/mol. The molecule has 0 aromatic carbocycles. The molecule has 0 amide bonds. The number of carbonyl (C=O) groups is 1. The normalized spacial score (nSPS) is 11.2. The van der Waals surface area contributed by atoms with Gasteiger partial charge in [0.2, 0.25) is 0 Å². The van der Waals surface area contributed by atoms with Crippen molar-refractivity contribution in [2.45, 2.75) is 33.2 Å². The molecule has 0 atom stereocenters. The molecule has 0 aliphatic heterocycles. The van der Waals surface area contributed by atoms with Crippen molar-refractivity contribution in [2.24, 2.45) is 0 Å². The van der Waals surface area contributed by atoms with Crippen LogP contribution in [0.15, 0.2) is 6.20 Å². The van der Waals surface area contributed by atoms with Gasteiger partial charge in [-0.25, -0.2) is 4.98 Å². The molecule has 6 heteroatoms. The van der Waals surface area contributed by atoms with Crippen molar-refractivity contribution in [1.29, 1.82) is 0 Å². The Hall–Kier alpha value is -1.40. The Balaban J connectivity index is 1.94. The average Bonchev–Trinajstić information content (AvgIpc) is 2.75. The average molecular weight is 267 g/mol. The zero-order valence-electron chi connectivity index (χ0n) is 10.6. The molecule has 98 valence electrons. The molecule has 0 aliphatic rings. The molecule has 2 N–H and O–H groups in total. The highest BCUT2D eigenvalue weighted by atomic mass is 32.1. The van der Waals surface area contributed by atoms with Crippen molar-refractivity contribution < 1.29 is 9.90 Å². The summed E-state index contributed by atoms with van der Waals surface area (Å²) >= 11 is 1.68. The summed E-state index contributed by atoms with van der Waals surface area (Å²) in [5, 5.41) is 11.8. The number of rotatable bonds is 6. The fraction of sp³-hybridized carbons (Fsp3) is 0.500. The largest absolute Gasteiger partial charge is 0.481 e. The molecular weight excluding hydrogens is 250 g/mol. The molecular formula is C12H17N3O2S. The van der Waals surface area contributed by atoms with E-state index < -0.39 is 5.97 Å². The SMILES string of the molecule is Cc1cn2c(CNCCCC(=O)O)c(C)nc2s1. The highest BCUT2D eigenvalue weighted by Crippen LogP contribution is 2.20. The van der Waals surface area contributed by atoms with Crippen LogP contribution in [-0.4, -0.2) is 27.0 Å². The maximum atomic E-state index is 10.4. The van der Waals surface area contributed by atoms with Crippen LogP contribution in [0.4, 0.5) is 0 Å². The predicted octanol–water partition coefficient (Wildman–Crippen LogP) is 1.97. The van der Waals surface area contributed by atoms with E-state index >= 15 is 0 Å². The first-order valence-corrected chi connectivity index (χ1v) is 6.76. The maximum Gasteiger partial charge on any atom is 0.303 e. The zero-order valence-corrected chi connectivity index (χ0v) is 11.4. The number of nitrogens with one attached hydrogen (secondary N) is 1. The number of hydrogen-bond acceptors (Lipinski definition) is 4. The summed E-state index contributed by atoms with van der Waals surface area (Å²) < 4.78 is 2.11. The van der Waals surface area contributed by atoms with Crippen LogP contribution in [-0.2, 0) is 11.3 Å². The van der Waals surface area contributed by atoms with Gasteiger partial charge in [-0.2, -0.15) is 0 Å². The van der Waals surface area contributed by atoms with Crippen molar-refractivity contribution >= 4 is 22.3 Å². The summed E-state index contributed by atoms with van der Waals surface area (Å²) in [5.74, 6) is -0.742. The minimum atomic E-state index is -0.742. The van der Waals surface area contributed by atoms with Gasteiger partial charge in [-0.3, -0.25) is 9.20 Å². The van der Waals surface area contributed by atoms with Gasteiger partial charge in [0.1, 0.15) is 0 Å². The first-order chi connectivity index (χ1) is 8.58. The number of imidazole rings is 1. The van der Waals surface area contributed by atoms with Gasteiger partial charge in [0.05, 0.1) is 11.4 Å². The molecule has 0 fully saturated rings. The van der Waals surface area contributed by atoms with Crippen molar-refractivity contribution in [3.05, 3.63) is 22.5 Å². The molecule has 2 aromatic heterocycles. The third kappa shape index (κ3) is 2.88. The number of aryl methyl sites for hydroxylation is 2. The lowest BCUT2D eigenvalue weighted by molar-refractivity contribution is -0.137. The highest BCUT2D eigenvalue weighted by molar-refractivity contribution is 7.17. The van der Waals surface area contributed by atoms with Crippen LogP contribution in [0.3, 0.4) is 0 Å². The van der Waals surface area contributed by atoms with Gasteiger partial charge in [-0.1, -0.05) is 0 Å². The second-order valence-electron chi connectivity index (χ2n) is 4.31. The molecule has 0 spiro atoms. The molecule has 2 aromatic rings. The Morgan fingerprint density at radius 2 is 2.33 bits per heavy atom. The lowest BCUT2D eigenvalue weighted by atomic mass is 10.3. The molecule has 0 saturated carbocycles. The van der Waals surface area contributed by atoms with Crippen LogP contribution in [0.5, 0.6) is 0 Å². The van der Waals surface area contributed by atoms with Crippen molar-refractivity contribution in [3.8, 4) is 0 Å². The summed E-state index contributed by atoms with van der Waals surface area (Å²) in [6.45, 7) is 5.51. The van der Waals surface area contributed by atoms with Gasteiger partial charge in [-0.15, -0.1) is 11.3 Å². The van der Waals surface area contributed by atoms with Crippen LogP contribution in [0, 0.1) is 13.8 Å². The molecule has 0 radical (unpaired) electrons. The number of fused-ring (bicyclic) bond motifs is 1. The van der Waals surface area contributed by atoms with Crippen LogP contribution in [0.25, 0.3) is 4.96 Å². The number of aromatic nitrogens is 2. The maximum absolute atomic E-state index is 10.4. The Bertz CT molecular complexity index is 559. The van der Waals surface area contributed by atoms with E-state index in [9.17, 15) is 4.79 Å². The Morgan fingerprint density at radius 1 is 1.56 bits per heavy atom. The Kier molecular flexibility index (Phi) is 3.98. The van der Waals surface area contributed by atoms with E-state index in [4.69, 9.17) is 5.11 Å². The Morgan fingerprint density at radius 3 is 3.06 bits per heavy atom. The lowest BCUT2D eigenvalue weighted by Gasteiger charge is -2.04. The van der Waals surface area contributed by atoms with Gasteiger partial charge in [0.15, 0.2) is 4.96 Å². The first-order valence-electron chi connectivity index (χ1n) is 5.94. The smallest absolute Gasteiger partial charge is 0.303 e. The molecule has 0 aliphatic carbocycles. The van der Waals surface area contributed by atoms with E-state index in [1.165, 1.54) is 4.88 Å². The first kappa shape index (κ1) is 13.0. The Labute approximate surface area is 109 Å². The number of thiazole rings is 1. The summed E-state index contributed by atoms with van der Waals surface area (Å²) in [7, 11) is 0. The number of carboxylic acid groups (broad SMARTS) is 1. The number of nitrogens with zero attached hydrogens (tertiary/aromatic N) is 2. The summed E-state index contributed by atoms with van der Waals surface area (Å²) in [4.78, 5) is 17.2. The fourth-order valence-electron chi connectivity index (χ4n) is 1.89. The molecule has 0 saturated heterocycles. The van der Waals surface area contributed by atoms with Gasteiger partial charge in [0.25, 0.3) is 0 Å². The van der Waals surface area contributed by atoms with Gasteiger partial charge < -0.3 is 10.4 Å². The summed E-state index contributed by atoms with van der Waals surface area (Å²) in [5.41, 5.74) is 2.19. The van der Waals surface area contributed by atoms with Crippen LogP contribution >= 0.6 is 11.3 Å². The summed E-state index contributed by atoms with van der Waals surface area (Å²) in [6.07, 6.45) is 2.96. The zero-order chi connectivity index (χ0) is 13.1. The molecule has 2 rings (SSSR count). The fourth-order valence-corrected chi connectivity index (χ4v) is 2.78. The molecule has 0 bridgehead atoms. The van der Waals surface area contributed by atoms with Crippen molar-refractivity contribution in [2.75, 3.05) is 6.54 Å². The van der Waals surface area contributed by atoms with E-state index in [1.807, 2.05) is 6.92 Å². The van der Waals surface area contributed by atoms with Crippen molar-refractivity contribution in [1.82, 2.24) is 14.7 Å². The van der Waals surface area contributed by atoms with Gasteiger partial charge in [0, 0.05) is 24.0 Å². The van der Waals surface area contributed by atoms with E-state index in [0.717, 1.165) is 22.9 Å². The topological polar surface area (TPSA) is 66.6 Å². The molecule has 5 nitrogen and oxygen atoms in total. The molecule has 0 unspecified atom stereocenters. The van der Waals surface area contributed by atoms with Crippen molar-refractivity contribution in [3.63, 3.8) is 0 Å². The van der Waals surface area contributed by atoms with Gasteiger partial charge >= 0.3 is 5.97 Å². The number of hydrogen-bond donors (Lipinski definition) is 2. The second kappa shape index (κ2) is 5.49. The van der Waals surface area contributed by atoms with E-state index in [0.29, 0.717) is 13.0 Å². The monoisotopic (exact) mass is 267 g/mol. The second-order valence-corrected chi connectivity index (χ2v) is 5.53. The van der Waals surface area contributed by atoms with Gasteiger partial charge in [-0.05, 0) is 26.8 Å². The quantitative estimate of drug-likeness (QED) is 0.785. The summed E-state index contributed by atoms with van der Waals surface area (Å²) in [6, 6.07) is 0. The minimum absolute atomic E-state index is 0.214. The number of aliphatic carboxylic acids is 1. The highest BCUT2D eigenvalue weighted by Gasteiger charge is 2.10. The third-order valence-electron chi connectivity index (χ3n) is 2.78. The van der Waals surface area contributed by atoms with Crippen LogP contribution in [0.1, 0.15) is 29.1 Å². The van der Waals surface area contributed by atoms with E-state index in [1.54, 1.807) is 11.3 Å². The standard InChI is InChI=1S/C12H17N3O2S/c1-8-7-15-10(9(2)14-12(15)18-8)6-13-5-3-4-11(16)17/h7,13H,3-6H2,1-2H3,(H,16,17). The lowest BCUT2D eigenvalue weighted by Crippen LogP contribution is -2.17. The number of carboxylic acids is 1. The van der Waals surface area contributed by atoms with Crippen LogP contribution in [0.2, 0.25) is 0 Å². The van der Waals surface area contributed by atoms with E-state index in [-0.39, 0.29) is 6.42 Å². The minimum Gasteiger partial charge on any atom is -0.481 e. The van der Waals surface area contributed by atoms with E-state index in [2.05, 4.69) is 27.8 Å². The third-order valence-corrected chi connectivity index (χ3v) is 3.68.